The second-order valence-electron chi connectivity index (χ2n) is 6.95. The third kappa shape index (κ3) is 7.03. The highest BCUT2D eigenvalue weighted by Crippen LogP contribution is 2.31. The van der Waals surface area contributed by atoms with Crippen LogP contribution in [0.15, 0.2) is 17.9 Å². The molecule has 1 aromatic carbocycles. The van der Waals surface area contributed by atoms with Crippen molar-refractivity contribution in [1.82, 2.24) is 0 Å². The number of ether oxygens (including phenoxy) is 2. The number of aliphatic carboxylic acids is 2. The second-order valence-corrected chi connectivity index (χ2v) is 6.95. The van der Waals surface area contributed by atoms with Crippen LogP contribution in [0, 0.1) is 0 Å². The van der Waals surface area contributed by atoms with Crippen molar-refractivity contribution in [2.24, 2.45) is 0 Å². The van der Waals surface area contributed by atoms with Crippen molar-refractivity contribution >= 4 is 17.7 Å². The number of hydrogen-bond acceptors (Lipinski definition) is 6. The van der Waals surface area contributed by atoms with Crippen LogP contribution in [-0.4, -0.2) is 59.3 Å². The van der Waals surface area contributed by atoms with Crippen molar-refractivity contribution in [3.05, 3.63) is 40.1 Å². The number of hydrogen-bond donors (Lipinski definition) is 4. The van der Waals surface area contributed by atoms with Gasteiger partial charge in [0.05, 0.1) is 26.9 Å². The summed E-state index contributed by atoms with van der Waals surface area (Å²) in [6, 6.07) is 3.54. The third-order valence-corrected chi connectivity index (χ3v) is 4.92. The number of carboxylic acid groups (broad SMARTS) is 2. The Bertz CT molecular complexity index is 754. The molecule has 30 heavy (non-hydrogen) atoms. The molecule has 0 aliphatic heterocycles. The first-order chi connectivity index (χ1) is 14.3. The Morgan fingerprint density at radius 1 is 1.03 bits per heavy atom. The Kier molecular flexibility index (Phi) is 10.9. The van der Waals surface area contributed by atoms with Gasteiger partial charge in [0.2, 0.25) is 5.76 Å². The van der Waals surface area contributed by atoms with E-state index in [0.717, 1.165) is 16.7 Å². The van der Waals surface area contributed by atoms with Crippen LogP contribution in [-0.2, 0) is 38.3 Å². The number of carbonyl (C=O) groups is 2. The van der Waals surface area contributed by atoms with Gasteiger partial charge in [-0.15, -0.1) is 0 Å². The molecule has 1 aromatic rings. The topological polar surface area (TPSA) is 134 Å². The lowest BCUT2D eigenvalue weighted by molar-refractivity contribution is -0.137. The predicted octanol–water partition coefficient (Wildman–Crippen LogP) is 2.38. The minimum absolute atomic E-state index is 0.103. The lowest BCUT2D eigenvalue weighted by Gasteiger charge is -2.21. The van der Waals surface area contributed by atoms with Gasteiger partial charge in [0.15, 0.2) is 5.76 Å². The van der Waals surface area contributed by atoms with Gasteiger partial charge in [0.25, 0.3) is 0 Å². The van der Waals surface area contributed by atoms with Gasteiger partial charge in [-0.2, -0.15) is 0 Å². The van der Waals surface area contributed by atoms with Crippen molar-refractivity contribution in [2.75, 3.05) is 20.8 Å². The molecule has 1 unspecified atom stereocenters. The number of aliphatic hydroxyl groups is 2. The Balaban J connectivity index is 3.44. The molecule has 1 atom stereocenters. The Morgan fingerprint density at radius 3 is 2.23 bits per heavy atom. The van der Waals surface area contributed by atoms with Crippen molar-refractivity contribution in [3.63, 3.8) is 0 Å². The van der Waals surface area contributed by atoms with Crippen LogP contribution in [0.1, 0.15) is 54.9 Å². The van der Waals surface area contributed by atoms with E-state index in [4.69, 9.17) is 14.6 Å². The quantitative estimate of drug-likeness (QED) is 0.203. The fourth-order valence-electron chi connectivity index (χ4n) is 3.55. The van der Waals surface area contributed by atoms with E-state index >= 15 is 0 Å². The Morgan fingerprint density at radius 2 is 1.73 bits per heavy atom. The summed E-state index contributed by atoms with van der Waals surface area (Å²) in [5.74, 6) is -2.29. The predicted molar refractivity (Wildman–Crippen MR) is 111 cm³/mol. The fourth-order valence-corrected chi connectivity index (χ4v) is 3.55. The Hall–Kier alpha value is -2.58. The molecule has 1 rings (SSSR count). The third-order valence-electron chi connectivity index (χ3n) is 4.92. The summed E-state index contributed by atoms with van der Waals surface area (Å²) >= 11 is 0. The van der Waals surface area contributed by atoms with Gasteiger partial charge < -0.3 is 29.9 Å². The molecule has 0 saturated heterocycles. The molecule has 0 aliphatic rings. The smallest absolute Gasteiger partial charge is 0.375 e. The largest absolute Gasteiger partial charge is 0.492 e. The SMILES string of the molecule is CCc1c(CC(O)CO)ccc(C(OC)=C(OC)C(=O)O)c1CCCCCC(=O)O. The monoisotopic (exact) mass is 424 g/mol. The van der Waals surface area contributed by atoms with E-state index in [1.165, 1.54) is 14.2 Å². The molecule has 0 saturated carbocycles. The van der Waals surface area contributed by atoms with Gasteiger partial charge >= 0.3 is 11.9 Å². The lowest BCUT2D eigenvalue weighted by atomic mass is 9.87. The number of methoxy groups -OCH3 is 2. The van der Waals surface area contributed by atoms with E-state index in [9.17, 15) is 24.9 Å². The minimum Gasteiger partial charge on any atom is -0.492 e. The molecular weight excluding hydrogens is 392 g/mol. The first kappa shape index (κ1) is 25.5. The summed E-state index contributed by atoms with van der Waals surface area (Å²) in [6.07, 6.45) is 2.69. The molecule has 0 aromatic heterocycles. The second kappa shape index (κ2) is 12.9. The standard InChI is InChI=1S/C22H32O8/c1-4-16-14(12-15(24)13-23)10-11-18(20(29-2)21(30-3)22(27)28)17(16)8-6-5-7-9-19(25)26/h10-11,15,23-24H,4-9,12-13H2,1-3H3,(H,25,26)(H,27,28). The normalized spacial score (nSPS) is 12.8. The van der Waals surface area contributed by atoms with Crippen LogP contribution in [0.5, 0.6) is 0 Å². The zero-order chi connectivity index (χ0) is 22.7. The molecule has 0 radical (unpaired) electrons. The minimum atomic E-state index is -1.25. The first-order valence-electron chi connectivity index (χ1n) is 10.0. The van der Waals surface area contributed by atoms with Gasteiger partial charge in [-0.1, -0.05) is 25.5 Å². The average molecular weight is 424 g/mol. The summed E-state index contributed by atoms with van der Waals surface area (Å²) in [5.41, 5.74) is 3.29. The number of unbranched alkanes of at least 4 members (excludes halogenated alkanes) is 2. The maximum Gasteiger partial charge on any atom is 0.375 e. The molecule has 0 amide bonds. The zero-order valence-corrected chi connectivity index (χ0v) is 17.8. The van der Waals surface area contributed by atoms with Crippen LogP contribution < -0.4 is 0 Å². The molecule has 0 spiro atoms. The molecule has 0 bridgehead atoms. The molecular formula is C22H32O8. The number of carboxylic acids is 2. The highest BCUT2D eigenvalue weighted by atomic mass is 16.5. The van der Waals surface area contributed by atoms with Crippen molar-refractivity contribution in [2.45, 2.75) is 58.0 Å². The van der Waals surface area contributed by atoms with Crippen LogP contribution in [0.2, 0.25) is 0 Å². The Labute approximate surface area is 176 Å². The summed E-state index contributed by atoms with van der Waals surface area (Å²) in [5, 5.41) is 37.4. The number of rotatable bonds is 14. The fraction of sp³-hybridized carbons (Fsp3) is 0.545. The average Bonchev–Trinajstić information content (AvgIpc) is 2.71. The highest BCUT2D eigenvalue weighted by molar-refractivity contribution is 5.93. The van der Waals surface area contributed by atoms with E-state index in [2.05, 4.69) is 0 Å². The number of benzene rings is 1. The maximum absolute atomic E-state index is 11.6. The van der Waals surface area contributed by atoms with Gasteiger partial charge in [-0.3, -0.25) is 4.79 Å². The molecule has 4 N–H and O–H groups in total. The van der Waals surface area contributed by atoms with E-state index in [1.54, 1.807) is 12.1 Å². The first-order valence-corrected chi connectivity index (χ1v) is 10.0. The van der Waals surface area contributed by atoms with Crippen molar-refractivity contribution < 1.29 is 39.5 Å². The molecule has 0 heterocycles. The maximum atomic E-state index is 11.6. The molecule has 168 valence electrons. The van der Waals surface area contributed by atoms with E-state index < -0.39 is 18.0 Å². The van der Waals surface area contributed by atoms with E-state index in [1.807, 2.05) is 6.92 Å². The highest BCUT2D eigenvalue weighted by Gasteiger charge is 2.23. The van der Waals surface area contributed by atoms with Gasteiger partial charge in [-0.25, -0.2) is 4.79 Å². The lowest BCUT2D eigenvalue weighted by Crippen LogP contribution is -2.17. The summed E-state index contributed by atoms with van der Waals surface area (Å²) in [6.45, 7) is 1.61. The van der Waals surface area contributed by atoms with Gasteiger partial charge in [0, 0.05) is 18.4 Å². The van der Waals surface area contributed by atoms with Crippen LogP contribution in [0.4, 0.5) is 0 Å². The zero-order valence-electron chi connectivity index (χ0n) is 17.8. The summed E-state index contributed by atoms with van der Waals surface area (Å²) in [4.78, 5) is 22.3. The van der Waals surface area contributed by atoms with Gasteiger partial charge in [-0.05, 0) is 42.4 Å². The summed E-state index contributed by atoms with van der Waals surface area (Å²) < 4.78 is 10.4. The molecule has 0 fully saturated rings. The van der Waals surface area contributed by atoms with E-state index in [-0.39, 0.29) is 31.0 Å². The molecule has 8 heteroatoms. The summed E-state index contributed by atoms with van der Waals surface area (Å²) in [7, 11) is 2.64. The van der Waals surface area contributed by atoms with Crippen molar-refractivity contribution in [1.29, 1.82) is 0 Å². The van der Waals surface area contributed by atoms with E-state index in [0.29, 0.717) is 37.7 Å². The molecule has 8 nitrogen and oxygen atoms in total. The number of aliphatic hydroxyl groups excluding tert-OH is 2. The van der Waals surface area contributed by atoms with Crippen LogP contribution >= 0.6 is 0 Å². The van der Waals surface area contributed by atoms with Gasteiger partial charge in [0.1, 0.15) is 0 Å². The van der Waals surface area contributed by atoms with Crippen LogP contribution in [0.25, 0.3) is 5.76 Å². The van der Waals surface area contributed by atoms with Crippen molar-refractivity contribution in [3.8, 4) is 0 Å². The molecule has 0 aliphatic carbocycles. The van der Waals surface area contributed by atoms with Crippen LogP contribution in [0.3, 0.4) is 0 Å².